The van der Waals surface area contributed by atoms with Crippen LogP contribution in [0.2, 0.25) is 0 Å². The predicted molar refractivity (Wildman–Crippen MR) is 58.5 cm³/mol. The molecular weight excluding hydrogens is 224 g/mol. The van der Waals surface area contributed by atoms with E-state index in [-0.39, 0.29) is 11.3 Å². The van der Waals surface area contributed by atoms with E-state index in [0.29, 0.717) is 5.52 Å². The maximum atomic E-state index is 11.6. The monoisotopic (exact) mass is 234 g/mol. The number of nitrogens with one attached hydrogen (secondary N) is 2. The molecule has 17 heavy (non-hydrogen) atoms. The first-order valence-corrected chi connectivity index (χ1v) is 4.68. The van der Waals surface area contributed by atoms with Crippen molar-refractivity contribution >= 4 is 17.3 Å². The smallest absolute Gasteiger partial charge is 0.286 e. The van der Waals surface area contributed by atoms with Crippen molar-refractivity contribution in [3.05, 3.63) is 35.7 Å². The van der Waals surface area contributed by atoms with Crippen molar-refractivity contribution in [1.82, 2.24) is 20.5 Å². The molecule has 8 nitrogen and oxygen atoms in total. The maximum Gasteiger partial charge on any atom is 0.286 e. The number of hydrazine groups is 2. The summed E-state index contributed by atoms with van der Waals surface area (Å²) in [7, 11) is 0. The molecule has 0 aromatic carbocycles. The number of carbonyl (C=O) groups is 2. The number of pyridine rings is 1. The van der Waals surface area contributed by atoms with Gasteiger partial charge in [-0.2, -0.15) is 5.10 Å². The van der Waals surface area contributed by atoms with E-state index < -0.39 is 11.8 Å². The van der Waals surface area contributed by atoms with E-state index in [9.17, 15) is 9.59 Å². The standard InChI is InChI=1S/C9H10N6O2/c10-12-8(16)6-5-3-1-2-4-15(5)14-7(6)9(17)13-11/h1-4H,10-11H2,(H,12,16)(H,13,17). The minimum absolute atomic E-state index is 0.0797. The van der Waals surface area contributed by atoms with Crippen molar-refractivity contribution in [1.29, 1.82) is 0 Å². The highest BCUT2D eigenvalue weighted by Gasteiger charge is 2.23. The summed E-state index contributed by atoms with van der Waals surface area (Å²) in [6.07, 6.45) is 1.61. The van der Waals surface area contributed by atoms with Crippen molar-refractivity contribution in [2.24, 2.45) is 11.7 Å². The normalized spacial score (nSPS) is 10.2. The lowest BCUT2D eigenvalue weighted by Crippen LogP contribution is -2.35. The molecule has 2 heterocycles. The zero-order valence-electron chi connectivity index (χ0n) is 8.68. The largest absolute Gasteiger partial charge is 0.290 e. The Morgan fingerprint density at radius 3 is 2.53 bits per heavy atom. The van der Waals surface area contributed by atoms with E-state index in [1.165, 1.54) is 4.52 Å². The lowest BCUT2D eigenvalue weighted by molar-refractivity contribution is 0.0918. The molecule has 0 aliphatic rings. The topological polar surface area (TPSA) is 128 Å². The average Bonchev–Trinajstić information content (AvgIpc) is 2.76. The van der Waals surface area contributed by atoms with E-state index in [1.807, 2.05) is 10.9 Å². The quantitative estimate of drug-likeness (QED) is 0.287. The third-order valence-electron chi connectivity index (χ3n) is 2.24. The first-order chi connectivity index (χ1) is 8.19. The molecular formula is C9H10N6O2. The second kappa shape index (κ2) is 4.20. The van der Waals surface area contributed by atoms with Gasteiger partial charge in [-0.1, -0.05) is 6.07 Å². The Bertz CT molecular complexity index is 590. The Balaban J connectivity index is 2.73. The molecule has 6 N–H and O–H groups in total. The van der Waals surface area contributed by atoms with Gasteiger partial charge in [0.1, 0.15) is 0 Å². The summed E-state index contributed by atoms with van der Waals surface area (Å²) in [6.45, 7) is 0. The van der Waals surface area contributed by atoms with Gasteiger partial charge in [0.15, 0.2) is 5.69 Å². The lowest BCUT2D eigenvalue weighted by Gasteiger charge is -1.99. The van der Waals surface area contributed by atoms with Gasteiger partial charge in [0, 0.05) is 6.20 Å². The molecule has 2 rings (SSSR count). The summed E-state index contributed by atoms with van der Waals surface area (Å²) in [5.74, 6) is 8.82. The molecule has 2 aromatic rings. The number of hydrogen-bond acceptors (Lipinski definition) is 5. The molecule has 0 fully saturated rings. The molecule has 88 valence electrons. The van der Waals surface area contributed by atoms with Crippen LogP contribution in [0.4, 0.5) is 0 Å². The lowest BCUT2D eigenvalue weighted by atomic mass is 10.2. The summed E-state index contributed by atoms with van der Waals surface area (Å²) >= 11 is 0. The Morgan fingerprint density at radius 1 is 1.18 bits per heavy atom. The van der Waals surface area contributed by atoms with Crippen molar-refractivity contribution < 1.29 is 9.59 Å². The fourth-order valence-electron chi connectivity index (χ4n) is 1.52. The number of hydrogen-bond donors (Lipinski definition) is 4. The van der Waals surface area contributed by atoms with Crippen molar-refractivity contribution in [3.63, 3.8) is 0 Å². The van der Waals surface area contributed by atoms with Crippen LogP contribution in [0.15, 0.2) is 24.4 Å². The molecule has 0 bridgehead atoms. The number of nitrogen functional groups attached to an aromatic ring is 2. The van der Waals surface area contributed by atoms with Crippen LogP contribution in [0.25, 0.3) is 5.52 Å². The Morgan fingerprint density at radius 2 is 1.88 bits per heavy atom. The van der Waals surface area contributed by atoms with Crippen LogP contribution in [0.1, 0.15) is 20.8 Å². The molecule has 0 atom stereocenters. The van der Waals surface area contributed by atoms with E-state index in [4.69, 9.17) is 11.7 Å². The second-order valence-electron chi connectivity index (χ2n) is 3.20. The molecule has 8 heteroatoms. The molecule has 0 radical (unpaired) electrons. The number of aromatic nitrogens is 2. The Kier molecular flexibility index (Phi) is 2.73. The molecule has 2 aromatic heterocycles. The van der Waals surface area contributed by atoms with Crippen LogP contribution in [-0.2, 0) is 0 Å². The van der Waals surface area contributed by atoms with E-state index in [1.54, 1.807) is 24.4 Å². The van der Waals surface area contributed by atoms with Gasteiger partial charge in [0.2, 0.25) is 0 Å². The summed E-state index contributed by atoms with van der Waals surface area (Å²) in [5, 5.41) is 3.96. The Labute approximate surface area is 95.5 Å². The first kappa shape index (κ1) is 11.0. The highest BCUT2D eigenvalue weighted by Crippen LogP contribution is 2.15. The summed E-state index contributed by atoms with van der Waals surface area (Å²) in [6, 6.07) is 5.08. The number of fused-ring (bicyclic) bond motifs is 1. The zero-order chi connectivity index (χ0) is 12.4. The zero-order valence-corrected chi connectivity index (χ0v) is 8.68. The second-order valence-corrected chi connectivity index (χ2v) is 3.20. The van der Waals surface area contributed by atoms with Crippen LogP contribution < -0.4 is 22.5 Å². The van der Waals surface area contributed by atoms with Gasteiger partial charge >= 0.3 is 0 Å². The highest BCUT2D eigenvalue weighted by molar-refractivity contribution is 6.10. The van der Waals surface area contributed by atoms with Gasteiger partial charge in [-0.3, -0.25) is 20.4 Å². The van der Waals surface area contributed by atoms with Gasteiger partial charge in [0.25, 0.3) is 11.8 Å². The molecule has 0 spiro atoms. The minimum atomic E-state index is -0.660. The Hall–Kier alpha value is -2.45. The molecule has 0 saturated heterocycles. The highest BCUT2D eigenvalue weighted by atomic mass is 16.2. The van der Waals surface area contributed by atoms with Crippen LogP contribution in [0.5, 0.6) is 0 Å². The molecule has 0 aliphatic carbocycles. The number of carbonyl (C=O) groups excluding carboxylic acids is 2. The average molecular weight is 234 g/mol. The third-order valence-corrected chi connectivity index (χ3v) is 2.24. The van der Waals surface area contributed by atoms with Crippen molar-refractivity contribution in [2.75, 3.05) is 0 Å². The van der Waals surface area contributed by atoms with Gasteiger partial charge in [0.05, 0.1) is 11.1 Å². The van der Waals surface area contributed by atoms with Crippen molar-refractivity contribution in [3.8, 4) is 0 Å². The van der Waals surface area contributed by atoms with Gasteiger partial charge in [-0.25, -0.2) is 16.2 Å². The maximum absolute atomic E-state index is 11.6. The molecule has 0 aliphatic heterocycles. The van der Waals surface area contributed by atoms with Gasteiger partial charge in [-0.15, -0.1) is 0 Å². The van der Waals surface area contributed by atoms with E-state index >= 15 is 0 Å². The van der Waals surface area contributed by atoms with Crippen LogP contribution in [0.3, 0.4) is 0 Å². The molecule has 0 saturated carbocycles. The van der Waals surface area contributed by atoms with Crippen LogP contribution in [-0.4, -0.2) is 21.4 Å². The number of amides is 2. The molecule has 2 amide bonds. The first-order valence-electron chi connectivity index (χ1n) is 4.68. The van der Waals surface area contributed by atoms with E-state index in [2.05, 4.69) is 5.10 Å². The number of rotatable bonds is 2. The summed E-state index contributed by atoms with van der Waals surface area (Å²) < 4.78 is 1.40. The van der Waals surface area contributed by atoms with Crippen molar-refractivity contribution in [2.45, 2.75) is 0 Å². The molecule has 0 unspecified atom stereocenters. The SMILES string of the molecule is NNC(=O)c1nn2ccccc2c1C(=O)NN. The van der Waals surface area contributed by atoms with Crippen LogP contribution in [0, 0.1) is 0 Å². The minimum Gasteiger partial charge on any atom is -0.290 e. The number of nitrogens with zero attached hydrogens (tertiary/aromatic N) is 2. The van der Waals surface area contributed by atoms with Crippen LogP contribution >= 0.6 is 0 Å². The van der Waals surface area contributed by atoms with E-state index in [0.717, 1.165) is 0 Å². The predicted octanol–water partition coefficient (Wildman–Crippen LogP) is -1.46. The summed E-state index contributed by atoms with van der Waals surface area (Å²) in [5.41, 5.74) is 4.36. The fourth-order valence-corrected chi connectivity index (χ4v) is 1.52. The summed E-state index contributed by atoms with van der Waals surface area (Å²) in [4.78, 5) is 23.1. The van der Waals surface area contributed by atoms with Gasteiger partial charge in [-0.05, 0) is 12.1 Å². The third kappa shape index (κ3) is 1.71. The fraction of sp³-hybridized carbons (Fsp3) is 0. The number of nitrogens with two attached hydrogens (primary N) is 2. The van der Waals surface area contributed by atoms with Gasteiger partial charge < -0.3 is 0 Å².